The summed E-state index contributed by atoms with van der Waals surface area (Å²) < 4.78 is 5.20. The van der Waals surface area contributed by atoms with Crippen molar-refractivity contribution in [2.24, 2.45) is 11.1 Å². The van der Waals surface area contributed by atoms with E-state index in [1.54, 1.807) is 0 Å². The molecule has 0 unspecified atom stereocenters. The molecular formula is C9H20N2O. The van der Waals surface area contributed by atoms with Gasteiger partial charge in [0.2, 0.25) is 0 Å². The van der Waals surface area contributed by atoms with Crippen LogP contribution < -0.4 is 5.73 Å². The number of nitrogens with two attached hydrogens (primary N) is 1. The van der Waals surface area contributed by atoms with Crippen molar-refractivity contribution in [3.05, 3.63) is 0 Å². The van der Waals surface area contributed by atoms with Gasteiger partial charge in [-0.25, -0.2) is 0 Å². The minimum atomic E-state index is -0.170. The van der Waals surface area contributed by atoms with Crippen molar-refractivity contribution >= 4 is 5.84 Å². The zero-order chi connectivity index (χ0) is 9.61. The molecule has 0 aromatic rings. The SMILES string of the molecule is CCOCCCC(C)(C)C(=N)N. The first-order chi connectivity index (χ1) is 5.50. The summed E-state index contributed by atoms with van der Waals surface area (Å²) >= 11 is 0. The molecule has 0 aliphatic heterocycles. The highest BCUT2D eigenvalue weighted by Crippen LogP contribution is 2.21. The van der Waals surface area contributed by atoms with Crippen molar-refractivity contribution in [3.8, 4) is 0 Å². The Morgan fingerprint density at radius 3 is 2.50 bits per heavy atom. The lowest BCUT2D eigenvalue weighted by Gasteiger charge is -2.22. The van der Waals surface area contributed by atoms with E-state index in [1.807, 2.05) is 20.8 Å². The summed E-state index contributed by atoms with van der Waals surface area (Å²) in [6.07, 6.45) is 1.89. The molecule has 0 rings (SSSR count). The van der Waals surface area contributed by atoms with E-state index >= 15 is 0 Å². The summed E-state index contributed by atoms with van der Waals surface area (Å²) in [5.74, 6) is 0.263. The van der Waals surface area contributed by atoms with Crippen LogP contribution in [0.3, 0.4) is 0 Å². The van der Waals surface area contributed by atoms with Crippen LogP contribution in [0.4, 0.5) is 0 Å². The van der Waals surface area contributed by atoms with Crippen LogP contribution in [-0.2, 0) is 4.74 Å². The highest BCUT2D eigenvalue weighted by atomic mass is 16.5. The molecule has 72 valence electrons. The van der Waals surface area contributed by atoms with Crippen LogP contribution in [0.25, 0.3) is 0 Å². The van der Waals surface area contributed by atoms with Crippen molar-refractivity contribution in [1.82, 2.24) is 0 Å². The van der Waals surface area contributed by atoms with Crippen molar-refractivity contribution in [2.75, 3.05) is 13.2 Å². The Morgan fingerprint density at radius 1 is 1.50 bits per heavy atom. The van der Waals surface area contributed by atoms with Crippen LogP contribution in [0.15, 0.2) is 0 Å². The molecule has 0 saturated carbocycles. The zero-order valence-corrected chi connectivity index (χ0v) is 8.31. The molecular weight excluding hydrogens is 152 g/mol. The predicted octanol–water partition coefficient (Wildman–Crippen LogP) is 1.77. The standard InChI is InChI=1S/C9H20N2O/c1-4-12-7-5-6-9(2,3)8(10)11/h4-7H2,1-3H3,(H3,10,11). The van der Waals surface area contributed by atoms with Crippen molar-refractivity contribution < 1.29 is 4.74 Å². The molecule has 0 fully saturated rings. The molecule has 0 aliphatic rings. The molecule has 3 heteroatoms. The van der Waals surface area contributed by atoms with Crippen LogP contribution in [-0.4, -0.2) is 19.0 Å². The minimum absolute atomic E-state index is 0.170. The molecule has 0 radical (unpaired) electrons. The van der Waals surface area contributed by atoms with Gasteiger partial charge in [-0.2, -0.15) is 0 Å². The smallest absolute Gasteiger partial charge is 0.0963 e. The largest absolute Gasteiger partial charge is 0.387 e. The van der Waals surface area contributed by atoms with Crippen LogP contribution in [0, 0.1) is 10.8 Å². The first kappa shape index (κ1) is 11.4. The number of hydrogen-bond donors (Lipinski definition) is 2. The van der Waals surface area contributed by atoms with Gasteiger partial charge < -0.3 is 10.5 Å². The van der Waals surface area contributed by atoms with Gasteiger partial charge in [0, 0.05) is 18.6 Å². The normalized spacial score (nSPS) is 11.6. The molecule has 0 amide bonds. The lowest BCUT2D eigenvalue weighted by Crippen LogP contribution is -2.30. The lowest BCUT2D eigenvalue weighted by atomic mass is 9.87. The summed E-state index contributed by atoms with van der Waals surface area (Å²) in [6, 6.07) is 0. The first-order valence-corrected chi connectivity index (χ1v) is 4.43. The Bertz CT molecular complexity index is 143. The zero-order valence-electron chi connectivity index (χ0n) is 8.31. The molecule has 0 aliphatic carbocycles. The average Bonchev–Trinajstić information content (AvgIpc) is 1.98. The van der Waals surface area contributed by atoms with Crippen molar-refractivity contribution in [3.63, 3.8) is 0 Å². The van der Waals surface area contributed by atoms with Crippen molar-refractivity contribution in [1.29, 1.82) is 5.41 Å². The fraction of sp³-hybridized carbons (Fsp3) is 0.889. The quantitative estimate of drug-likeness (QED) is 0.364. The van der Waals surface area contributed by atoms with Gasteiger partial charge in [0.25, 0.3) is 0 Å². The topological polar surface area (TPSA) is 59.1 Å². The molecule has 0 bridgehead atoms. The van der Waals surface area contributed by atoms with E-state index in [1.165, 1.54) is 0 Å². The number of amidine groups is 1. The van der Waals surface area contributed by atoms with Gasteiger partial charge >= 0.3 is 0 Å². The average molecular weight is 172 g/mol. The van der Waals surface area contributed by atoms with Crippen LogP contribution >= 0.6 is 0 Å². The molecule has 3 nitrogen and oxygen atoms in total. The maximum absolute atomic E-state index is 7.31. The highest BCUT2D eigenvalue weighted by Gasteiger charge is 2.20. The Labute approximate surface area is 74.8 Å². The second-order valence-corrected chi connectivity index (χ2v) is 3.60. The van der Waals surface area contributed by atoms with Gasteiger partial charge in [0.15, 0.2) is 0 Å². The summed E-state index contributed by atoms with van der Waals surface area (Å²) in [5.41, 5.74) is 5.26. The third-order valence-corrected chi connectivity index (χ3v) is 2.02. The van der Waals surface area contributed by atoms with E-state index in [0.29, 0.717) is 0 Å². The second-order valence-electron chi connectivity index (χ2n) is 3.60. The van der Waals surface area contributed by atoms with Crippen LogP contribution in [0.2, 0.25) is 0 Å². The summed E-state index contributed by atoms with van der Waals surface area (Å²) in [4.78, 5) is 0. The summed E-state index contributed by atoms with van der Waals surface area (Å²) in [6.45, 7) is 7.49. The van der Waals surface area contributed by atoms with Gasteiger partial charge in [0.1, 0.15) is 0 Å². The molecule has 0 aromatic heterocycles. The Kier molecular flexibility index (Phi) is 4.90. The van der Waals surface area contributed by atoms with Gasteiger partial charge in [0.05, 0.1) is 5.84 Å². The van der Waals surface area contributed by atoms with E-state index in [4.69, 9.17) is 15.9 Å². The van der Waals surface area contributed by atoms with Crippen LogP contribution in [0.5, 0.6) is 0 Å². The molecule has 3 N–H and O–H groups in total. The molecule has 12 heavy (non-hydrogen) atoms. The fourth-order valence-corrected chi connectivity index (χ4v) is 0.895. The van der Waals surface area contributed by atoms with Gasteiger partial charge in [-0.15, -0.1) is 0 Å². The molecule has 0 atom stereocenters. The van der Waals surface area contributed by atoms with E-state index < -0.39 is 0 Å². The maximum Gasteiger partial charge on any atom is 0.0963 e. The Hall–Kier alpha value is -0.570. The molecule has 0 saturated heterocycles. The fourth-order valence-electron chi connectivity index (χ4n) is 0.895. The van der Waals surface area contributed by atoms with E-state index in [2.05, 4.69) is 0 Å². The summed E-state index contributed by atoms with van der Waals surface area (Å²) in [5, 5.41) is 7.31. The van der Waals surface area contributed by atoms with Crippen molar-refractivity contribution in [2.45, 2.75) is 33.6 Å². The third-order valence-electron chi connectivity index (χ3n) is 2.02. The second kappa shape index (κ2) is 5.14. The van der Waals surface area contributed by atoms with E-state index in [0.717, 1.165) is 26.1 Å². The molecule has 0 heterocycles. The number of ether oxygens (including phenoxy) is 1. The van der Waals surface area contributed by atoms with Gasteiger partial charge in [-0.3, -0.25) is 5.41 Å². The van der Waals surface area contributed by atoms with E-state index in [-0.39, 0.29) is 11.3 Å². The number of rotatable bonds is 6. The maximum atomic E-state index is 7.31. The Balaban J connectivity index is 3.54. The lowest BCUT2D eigenvalue weighted by molar-refractivity contribution is 0.138. The number of hydrogen-bond acceptors (Lipinski definition) is 2. The monoisotopic (exact) mass is 172 g/mol. The van der Waals surface area contributed by atoms with Gasteiger partial charge in [-0.05, 0) is 19.8 Å². The predicted molar refractivity (Wildman–Crippen MR) is 51.4 cm³/mol. The highest BCUT2D eigenvalue weighted by molar-refractivity contribution is 5.82. The summed E-state index contributed by atoms with van der Waals surface area (Å²) in [7, 11) is 0. The van der Waals surface area contributed by atoms with Gasteiger partial charge in [-0.1, -0.05) is 13.8 Å². The minimum Gasteiger partial charge on any atom is -0.387 e. The van der Waals surface area contributed by atoms with E-state index in [9.17, 15) is 0 Å². The molecule has 0 aromatic carbocycles. The molecule has 0 spiro atoms. The van der Waals surface area contributed by atoms with Crippen LogP contribution in [0.1, 0.15) is 33.6 Å². The number of nitrogens with one attached hydrogen (secondary N) is 1. The Morgan fingerprint density at radius 2 is 2.08 bits per heavy atom. The first-order valence-electron chi connectivity index (χ1n) is 4.43. The third kappa shape index (κ3) is 4.34.